The molecule has 0 radical (unpaired) electrons. The second-order valence-electron chi connectivity index (χ2n) is 12.4. The van der Waals surface area contributed by atoms with E-state index in [0.29, 0.717) is 0 Å². The zero-order valence-corrected chi connectivity index (χ0v) is 27.8. The Morgan fingerprint density at radius 2 is 1.12 bits per heavy atom. The Bertz CT molecular complexity index is 1250. The number of amides is 1. The number of ether oxygens (including phenoxy) is 7. The van der Waals surface area contributed by atoms with Crippen LogP contribution in [0.15, 0.2) is 0 Å². The van der Waals surface area contributed by atoms with Gasteiger partial charge in [0.1, 0.15) is 91.5 Å². The smallest absolute Gasteiger partial charge is 0.394 e. The number of aliphatic hydroxyl groups excluding tert-OH is 11. The maximum absolute atomic E-state index is 12.0. The number of hydrogen-bond acceptors (Lipinski definition) is 22. The summed E-state index contributed by atoms with van der Waals surface area (Å²) in [6, 6.07) is -1.57. The molecule has 298 valence electrons. The molecule has 0 aromatic carbocycles. The third-order valence-electron chi connectivity index (χ3n) is 8.78. The summed E-state index contributed by atoms with van der Waals surface area (Å²) in [6.45, 7) is -0.547. The standard InChI is InChI=1S/C26H45NO23S/c1-6-12(32)15(35)16(36)24(43-6)49-22-17(37)19(47-25-18(38)21(50-51(40,41)42)14(34)9(4-29)45-25)10(5-30)46-26(22)48-20-11(27-7(2)31)23(39)44-8(3-28)13(20)33/h6,8-26,28-30,32-39H,3-5H2,1-2H3,(H,27,31)(H,40,41,42)/t6-,8+,9+,10+,11+,12+,13-,14-,15+,16-,17-,18+,19-,20+,21-,22+,23+,24-,25-,26-/m0/s1. The molecule has 0 spiro atoms. The average molecular weight is 772 g/mol. The highest BCUT2D eigenvalue weighted by Gasteiger charge is 2.56. The summed E-state index contributed by atoms with van der Waals surface area (Å²) in [4.78, 5) is 12.0. The van der Waals surface area contributed by atoms with E-state index in [-0.39, 0.29) is 0 Å². The molecule has 0 aliphatic carbocycles. The monoisotopic (exact) mass is 771 g/mol. The van der Waals surface area contributed by atoms with Crippen molar-refractivity contribution in [2.24, 2.45) is 0 Å². The van der Waals surface area contributed by atoms with Gasteiger partial charge in [-0.1, -0.05) is 0 Å². The van der Waals surface area contributed by atoms with E-state index < -0.39 is 159 Å². The molecular weight excluding hydrogens is 726 g/mol. The van der Waals surface area contributed by atoms with E-state index in [4.69, 9.17) is 33.2 Å². The first kappa shape index (κ1) is 42.4. The zero-order chi connectivity index (χ0) is 38.1. The number of aliphatic hydroxyl groups is 11. The fraction of sp³-hybridized carbons (Fsp3) is 0.962. The lowest BCUT2D eigenvalue weighted by Crippen LogP contribution is -2.69. The van der Waals surface area contributed by atoms with Crippen LogP contribution >= 0.6 is 0 Å². The van der Waals surface area contributed by atoms with E-state index in [0.717, 1.165) is 6.92 Å². The van der Waals surface area contributed by atoms with Crippen LogP contribution in [-0.4, -0.2) is 218 Å². The molecular formula is C26H45NO23S. The van der Waals surface area contributed by atoms with Gasteiger partial charge in [-0.3, -0.25) is 9.35 Å². The van der Waals surface area contributed by atoms with Crippen molar-refractivity contribution in [1.82, 2.24) is 5.32 Å². The van der Waals surface area contributed by atoms with Gasteiger partial charge >= 0.3 is 10.4 Å². The van der Waals surface area contributed by atoms with Gasteiger partial charge in [0.2, 0.25) is 5.91 Å². The van der Waals surface area contributed by atoms with Crippen LogP contribution in [0.25, 0.3) is 0 Å². The van der Waals surface area contributed by atoms with Gasteiger partial charge in [0.15, 0.2) is 25.2 Å². The van der Waals surface area contributed by atoms with E-state index in [1.807, 2.05) is 0 Å². The predicted molar refractivity (Wildman–Crippen MR) is 154 cm³/mol. The minimum atomic E-state index is -5.32. The van der Waals surface area contributed by atoms with E-state index in [2.05, 4.69) is 9.50 Å². The first-order valence-corrected chi connectivity index (χ1v) is 17.0. The van der Waals surface area contributed by atoms with Crippen LogP contribution in [0.5, 0.6) is 0 Å². The first-order valence-electron chi connectivity index (χ1n) is 15.6. The lowest BCUT2D eigenvalue weighted by Gasteiger charge is -2.50. The fourth-order valence-corrected chi connectivity index (χ4v) is 6.62. The summed E-state index contributed by atoms with van der Waals surface area (Å²) >= 11 is 0. The van der Waals surface area contributed by atoms with Crippen molar-refractivity contribution < 1.29 is 111 Å². The minimum absolute atomic E-state index is 0.737. The molecule has 4 rings (SSSR count). The molecule has 4 aliphatic heterocycles. The molecule has 20 atom stereocenters. The van der Waals surface area contributed by atoms with Crippen LogP contribution < -0.4 is 5.32 Å². The average Bonchev–Trinajstić information content (AvgIpc) is 3.06. The minimum Gasteiger partial charge on any atom is -0.394 e. The molecule has 0 saturated carbocycles. The van der Waals surface area contributed by atoms with Crippen molar-refractivity contribution in [3.05, 3.63) is 0 Å². The van der Waals surface area contributed by atoms with Gasteiger partial charge in [-0.05, 0) is 6.92 Å². The van der Waals surface area contributed by atoms with Crippen molar-refractivity contribution in [3.8, 4) is 0 Å². The highest BCUT2D eigenvalue weighted by Crippen LogP contribution is 2.35. The zero-order valence-electron chi connectivity index (χ0n) is 26.9. The Balaban J connectivity index is 1.69. The van der Waals surface area contributed by atoms with Crippen molar-refractivity contribution in [2.75, 3.05) is 19.8 Å². The third kappa shape index (κ3) is 9.47. The van der Waals surface area contributed by atoms with Gasteiger partial charge in [-0.15, -0.1) is 0 Å². The number of carbonyl (C=O) groups is 1. The van der Waals surface area contributed by atoms with Crippen molar-refractivity contribution in [1.29, 1.82) is 0 Å². The maximum atomic E-state index is 12.0. The Morgan fingerprint density at radius 3 is 1.69 bits per heavy atom. The number of hydrogen-bond donors (Lipinski definition) is 13. The molecule has 0 bridgehead atoms. The highest BCUT2D eigenvalue weighted by atomic mass is 32.3. The van der Waals surface area contributed by atoms with Gasteiger partial charge in [0, 0.05) is 6.92 Å². The molecule has 51 heavy (non-hydrogen) atoms. The van der Waals surface area contributed by atoms with Gasteiger partial charge < -0.3 is 94.6 Å². The second-order valence-corrected chi connectivity index (χ2v) is 13.4. The summed E-state index contributed by atoms with van der Waals surface area (Å²) in [5.74, 6) is -0.737. The van der Waals surface area contributed by atoms with Crippen LogP contribution in [0.3, 0.4) is 0 Å². The quantitative estimate of drug-likeness (QED) is 0.0819. The van der Waals surface area contributed by atoms with E-state index in [1.165, 1.54) is 6.92 Å². The van der Waals surface area contributed by atoms with Gasteiger partial charge in [-0.2, -0.15) is 8.42 Å². The summed E-state index contributed by atoms with van der Waals surface area (Å²) in [6.07, 6.45) is -35.6. The first-order chi connectivity index (χ1) is 23.8. The van der Waals surface area contributed by atoms with Crippen molar-refractivity contribution in [2.45, 2.75) is 137 Å². The Hall–Kier alpha value is -1.38. The maximum Gasteiger partial charge on any atom is 0.397 e. The largest absolute Gasteiger partial charge is 0.397 e. The molecule has 4 saturated heterocycles. The third-order valence-corrected chi connectivity index (χ3v) is 9.24. The second kappa shape index (κ2) is 17.4. The molecule has 13 N–H and O–H groups in total. The lowest BCUT2D eigenvalue weighted by molar-refractivity contribution is -0.396. The molecule has 0 aromatic rings. The molecule has 4 heterocycles. The summed E-state index contributed by atoms with van der Waals surface area (Å²) in [5, 5.41) is 118. The normalized spacial score (nSPS) is 48.3. The van der Waals surface area contributed by atoms with Crippen LogP contribution in [0.1, 0.15) is 13.8 Å². The molecule has 25 heteroatoms. The number of nitrogens with one attached hydrogen (secondary N) is 1. The Labute approximate surface area is 289 Å². The van der Waals surface area contributed by atoms with Crippen molar-refractivity contribution in [3.63, 3.8) is 0 Å². The van der Waals surface area contributed by atoms with Crippen LogP contribution in [0.4, 0.5) is 0 Å². The summed E-state index contributed by atoms with van der Waals surface area (Å²) in [7, 11) is -5.32. The summed E-state index contributed by atoms with van der Waals surface area (Å²) < 4.78 is 75.5. The van der Waals surface area contributed by atoms with Gasteiger partial charge in [-0.25, -0.2) is 4.18 Å². The molecule has 0 aromatic heterocycles. The Morgan fingerprint density at radius 1 is 0.608 bits per heavy atom. The number of rotatable bonds is 12. The molecule has 1 amide bonds. The van der Waals surface area contributed by atoms with Crippen LogP contribution in [0.2, 0.25) is 0 Å². The van der Waals surface area contributed by atoms with Crippen molar-refractivity contribution >= 4 is 16.3 Å². The molecule has 4 fully saturated rings. The highest BCUT2D eigenvalue weighted by molar-refractivity contribution is 7.80. The van der Waals surface area contributed by atoms with Gasteiger partial charge in [0.05, 0.1) is 25.9 Å². The lowest BCUT2D eigenvalue weighted by atomic mass is 9.94. The summed E-state index contributed by atoms with van der Waals surface area (Å²) in [5.41, 5.74) is 0. The topological polar surface area (TPSA) is 380 Å². The molecule has 24 nitrogen and oxygen atoms in total. The fourth-order valence-electron chi connectivity index (χ4n) is 6.11. The molecule has 4 aliphatic rings. The van der Waals surface area contributed by atoms with E-state index >= 15 is 0 Å². The van der Waals surface area contributed by atoms with E-state index in [9.17, 15) is 73.9 Å². The van der Waals surface area contributed by atoms with E-state index in [1.54, 1.807) is 0 Å². The van der Waals surface area contributed by atoms with Gasteiger partial charge in [0.25, 0.3) is 0 Å². The van der Waals surface area contributed by atoms with Crippen LogP contribution in [-0.2, 0) is 52.5 Å². The molecule has 0 unspecified atom stereocenters. The predicted octanol–water partition coefficient (Wildman–Crippen LogP) is -8.75. The Kier molecular flexibility index (Phi) is 14.4. The number of carbonyl (C=O) groups excluding carboxylic acids is 1. The van der Waals surface area contributed by atoms with Crippen LogP contribution in [0, 0.1) is 0 Å². The SMILES string of the molecule is CC(=O)N[C@@H]1[C@@H](O[C@@H]2O[C@H](CO)[C@H](O[C@@H]3O[C@H](CO)[C@H](O)[C@H](OS(=O)(=O)O)[C@H]3O)[C@H](O)[C@H]2O[C@@H]2O[C@@H](C)[C@@H](O)[C@@H](O)[C@@H]2O)[C@@H](O)[C@@H](CO)O[C@H]1O.